The van der Waals surface area contributed by atoms with Gasteiger partial charge in [-0.1, -0.05) is 0 Å². The Morgan fingerprint density at radius 3 is 2.90 bits per heavy atom. The van der Waals surface area contributed by atoms with Crippen molar-refractivity contribution in [1.29, 1.82) is 0 Å². The molecule has 1 aromatic heterocycles. The highest BCUT2D eigenvalue weighted by Crippen LogP contribution is 2.27. The van der Waals surface area contributed by atoms with Crippen LogP contribution in [-0.4, -0.2) is 47.1 Å². The summed E-state index contributed by atoms with van der Waals surface area (Å²) in [6, 6.07) is 1.57. The molecule has 110 valence electrons. The Morgan fingerprint density at radius 1 is 1.60 bits per heavy atom. The molecule has 1 aliphatic rings. The Bertz CT molecular complexity index is 477. The van der Waals surface area contributed by atoms with Crippen molar-refractivity contribution in [1.82, 2.24) is 9.88 Å². The van der Waals surface area contributed by atoms with Crippen LogP contribution < -0.4 is 5.32 Å². The van der Waals surface area contributed by atoms with Crippen LogP contribution in [-0.2, 0) is 0 Å². The lowest BCUT2D eigenvalue weighted by atomic mass is 9.90. The Balaban J connectivity index is 2.22. The minimum absolute atomic E-state index is 0.0249. The van der Waals surface area contributed by atoms with Gasteiger partial charge in [-0.05, 0) is 31.7 Å². The first-order chi connectivity index (χ1) is 9.69. The number of pyridine rings is 1. The zero-order valence-electron chi connectivity index (χ0n) is 11.6. The molecule has 0 atom stereocenters. The van der Waals surface area contributed by atoms with Crippen LogP contribution in [0.3, 0.4) is 0 Å². The molecule has 1 saturated carbocycles. The predicted octanol–water partition coefficient (Wildman–Crippen LogP) is 1.64. The zero-order chi connectivity index (χ0) is 14.5. The second-order valence-electron chi connectivity index (χ2n) is 4.93. The Morgan fingerprint density at radius 2 is 2.35 bits per heavy atom. The quantitative estimate of drug-likeness (QED) is 0.832. The molecular formula is C14H20FN3O2. The fourth-order valence-corrected chi connectivity index (χ4v) is 2.33. The molecule has 0 spiro atoms. The highest BCUT2D eigenvalue weighted by atomic mass is 19.1. The summed E-state index contributed by atoms with van der Waals surface area (Å²) in [5, 5.41) is 11.6. The van der Waals surface area contributed by atoms with E-state index >= 15 is 0 Å². The number of carbonyl (C=O) groups is 1. The van der Waals surface area contributed by atoms with E-state index in [4.69, 9.17) is 5.11 Å². The molecule has 2 rings (SSSR count). The molecule has 1 fully saturated rings. The molecule has 20 heavy (non-hydrogen) atoms. The first-order valence-corrected chi connectivity index (χ1v) is 6.93. The number of aromatic nitrogens is 1. The van der Waals surface area contributed by atoms with Crippen LogP contribution >= 0.6 is 0 Å². The van der Waals surface area contributed by atoms with Crippen LogP contribution in [0.2, 0.25) is 0 Å². The van der Waals surface area contributed by atoms with Gasteiger partial charge in [-0.3, -0.25) is 4.79 Å². The summed E-state index contributed by atoms with van der Waals surface area (Å²) >= 11 is 0. The number of hydrogen-bond acceptors (Lipinski definition) is 4. The number of nitrogens with zero attached hydrogens (tertiary/aromatic N) is 2. The molecule has 0 unspecified atom stereocenters. The van der Waals surface area contributed by atoms with Crippen LogP contribution in [0.4, 0.5) is 10.2 Å². The molecular weight excluding hydrogens is 261 g/mol. The SMILES string of the molecule is CNc1nccc(C(=O)N(CCCO)C2CCC2)c1F. The zero-order valence-corrected chi connectivity index (χ0v) is 11.6. The van der Waals surface area contributed by atoms with Crippen LogP contribution in [0.15, 0.2) is 12.3 Å². The summed E-state index contributed by atoms with van der Waals surface area (Å²) in [5.41, 5.74) is 0.0363. The minimum Gasteiger partial charge on any atom is -0.396 e. The van der Waals surface area contributed by atoms with E-state index in [1.54, 1.807) is 11.9 Å². The van der Waals surface area contributed by atoms with Crippen LogP contribution in [0.25, 0.3) is 0 Å². The Kier molecular flexibility index (Phi) is 4.89. The van der Waals surface area contributed by atoms with Crippen LogP contribution in [0, 0.1) is 5.82 Å². The number of rotatable bonds is 6. The second kappa shape index (κ2) is 6.65. The van der Waals surface area contributed by atoms with Gasteiger partial charge in [-0.15, -0.1) is 0 Å². The monoisotopic (exact) mass is 281 g/mol. The van der Waals surface area contributed by atoms with E-state index in [1.165, 1.54) is 12.3 Å². The largest absolute Gasteiger partial charge is 0.396 e. The van der Waals surface area contributed by atoms with Crippen molar-refractivity contribution in [3.63, 3.8) is 0 Å². The van der Waals surface area contributed by atoms with Gasteiger partial charge in [0.1, 0.15) is 0 Å². The third-order valence-corrected chi connectivity index (χ3v) is 3.69. The number of anilines is 1. The number of hydrogen-bond donors (Lipinski definition) is 2. The summed E-state index contributed by atoms with van der Waals surface area (Å²) < 4.78 is 14.2. The molecule has 1 aromatic rings. The van der Waals surface area contributed by atoms with Gasteiger partial charge in [0.2, 0.25) is 0 Å². The average molecular weight is 281 g/mol. The number of halogens is 1. The van der Waals surface area contributed by atoms with Gasteiger partial charge in [0.25, 0.3) is 5.91 Å². The number of aliphatic hydroxyl groups excluding tert-OH is 1. The van der Waals surface area contributed by atoms with Crippen LogP contribution in [0.5, 0.6) is 0 Å². The molecule has 0 radical (unpaired) electrons. The first-order valence-electron chi connectivity index (χ1n) is 6.93. The van der Waals surface area contributed by atoms with E-state index in [0.29, 0.717) is 13.0 Å². The van der Waals surface area contributed by atoms with Crippen molar-refractivity contribution in [3.8, 4) is 0 Å². The van der Waals surface area contributed by atoms with E-state index in [-0.39, 0.29) is 29.9 Å². The van der Waals surface area contributed by atoms with Gasteiger partial charge in [0.15, 0.2) is 11.6 Å². The normalized spacial score (nSPS) is 14.8. The van der Waals surface area contributed by atoms with Crippen molar-refractivity contribution in [2.24, 2.45) is 0 Å². The average Bonchev–Trinajstić information content (AvgIpc) is 2.40. The standard InChI is InChI=1S/C14H20FN3O2/c1-16-13-12(15)11(6-7-17-13)14(20)18(8-3-9-19)10-4-2-5-10/h6-7,10,19H,2-5,8-9H2,1H3,(H,16,17). The number of aliphatic hydroxyl groups is 1. The van der Waals surface area contributed by atoms with E-state index in [9.17, 15) is 9.18 Å². The summed E-state index contributed by atoms with van der Waals surface area (Å²) in [6.45, 7) is 0.480. The summed E-state index contributed by atoms with van der Waals surface area (Å²) in [6.07, 6.45) is 4.92. The van der Waals surface area contributed by atoms with Gasteiger partial charge < -0.3 is 15.3 Å². The minimum atomic E-state index is -0.617. The van der Waals surface area contributed by atoms with Crippen molar-refractivity contribution < 1.29 is 14.3 Å². The number of carbonyl (C=O) groups excluding carboxylic acids is 1. The molecule has 0 aromatic carbocycles. The molecule has 1 amide bonds. The molecule has 0 aliphatic heterocycles. The van der Waals surface area contributed by atoms with Crippen molar-refractivity contribution in [2.75, 3.05) is 25.5 Å². The molecule has 1 aliphatic carbocycles. The fraction of sp³-hybridized carbons (Fsp3) is 0.571. The van der Waals surface area contributed by atoms with E-state index in [2.05, 4.69) is 10.3 Å². The lowest BCUT2D eigenvalue weighted by Gasteiger charge is -2.37. The molecule has 0 bridgehead atoms. The molecule has 5 nitrogen and oxygen atoms in total. The molecule has 0 saturated heterocycles. The predicted molar refractivity (Wildman–Crippen MR) is 74.1 cm³/mol. The number of amides is 1. The molecule has 1 heterocycles. The van der Waals surface area contributed by atoms with Gasteiger partial charge in [-0.25, -0.2) is 9.37 Å². The summed E-state index contributed by atoms with van der Waals surface area (Å²) in [5.74, 6) is -0.862. The van der Waals surface area contributed by atoms with E-state index < -0.39 is 5.82 Å². The van der Waals surface area contributed by atoms with Gasteiger partial charge in [-0.2, -0.15) is 0 Å². The highest BCUT2D eigenvalue weighted by Gasteiger charge is 2.30. The lowest BCUT2D eigenvalue weighted by molar-refractivity contribution is 0.0558. The van der Waals surface area contributed by atoms with E-state index in [0.717, 1.165) is 19.3 Å². The smallest absolute Gasteiger partial charge is 0.257 e. The van der Waals surface area contributed by atoms with Crippen molar-refractivity contribution in [3.05, 3.63) is 23.6 Å². The van der Waals surface area contributed by atoms with Crippen molar-refractivity contribution in [2.45, 2.75) is 31.7 Å². The maximum atomic E-state index is 14.2. The highest BCUT2D eigenvalue weighted by molar-refractivity contribution is 5.95. The summed E-state index contributed by atoms with van der Waals surface area (Å²) in [4.78, 5) is 18.0. The topological polar surface area (TPSA) is 65.5 Å². The molecule has 6 heteroatoms. The Hall–Kier alpha value is -1.69. The van der Waals surface area contributed by atoms with Crippen molar-refractivity contribution >= 4 is 11.7 Å². The third-order valence-electron chi connectivity index (χ3n) is 3.69. The van der Waals surface area contributed by atoms with Gasteiger partial charge in [0, 0.05) is 32.4 Å². The maximum absolute atomic E-state index is 14.2. The third kappa shape index (κ3) is 2.90. The Labute approximate surface area is 117 Å². The lowest BCUT2D eigenvalue weighted by Crippen LogP contribution is -2.45. The molecule has 2 N–H and O–H groups in total. The van der Waals surface area contributed by atoms with Gasteiger partial charge in [0.05, 0.1) is 5.56 Å². The van der Waals surface area contributed by atoms with Crippen LogP contribution in [0.1, 0.15) is 36.0 Å². The first kappa shape index (κ1) is 14.7. The maximum Gasteiger partial charge on any atom is 0.257 e. The summed E-state index contributed by atoms with van der Waals surface area (Å²) in [7, 11) is 1.56. The second-order valence-corrected chi connectivity index (χ2v) is 4.93. The van der Waals surface area contributed by atoms with Gasteiger partial charge >= 0.3 is 0 Å². The number of nitrogens with one attached hydrogen (secondary N) is 1. The van der Waals surface area contributed by atoms with E-state index in [1.807, 2.05) is 0 Å². The fourth-order valence-electron chi connectivity index (χ4n) is 2.33.